The fourth-order valence-electron chi connectivity index (χ4n) is 6.46. The topological polar surface area (TPSA) is 97.7 Å². The first kappa shape index (κ1) is 52.8. The number of hydrogen-bond donors (Lipinski definition) is 1. The van der Waals surface area contributed by atoms with Crippen molar-refractivity contribution in [3.8, 4) is 29.2 Å². The molecule has 0 aliphatic carbocycles. The average Bonchev–Trinajstić information content (AvgIpc) is 3.34. The fraction of sp³-hybridized carbons (Fsp3) is 0.102. The Morgan fingerprint density at radius 2 is 0.914 bits per heavy atom. The van der Waals surface area contributed by atoms with Crippen LogP contribution in [-0.4, -0.2) is 34.3 Å². The molecular formula is C49H32F8O6S7. The minimum atomic E-state index is -4.80. The number of halogens is 8. The lowest BCUT2D eigenvalue weighted by molar-refractivity contribution is 0.265. The molecule has 0 fully saturated rings. The smallest absolute Gasteiger partial charge is 0.295 e. The normalized spacial score (nSPS) is 11.7. The van der Waals surface area contributed by atoms with Gasteiger partial charge < -0.3 is 4.74 Å². The highest BCUT2D eigenvalue weighted by Gasteiger charge is 2.35. The zero-order valence-electron chi connectivity index (χ0n) is 35.7. The monoisotopic (exact) mass is 1090 g/mol. The lowest BCUT2D eigenvalue weighted by atomic mass is 10.0. The molecular weight excluding hydrogens is 1060 g/mol. The number of rotatable bonds is 18. The highest BCUT2D eigenvalue weighted by Crippen LogP contribution is 2.44. The van der Waals surface area contributed by atoms with Crippen LogP contribution >= 0.6 is 58.8 Å². The van der Waals surface area contributed by atoms with Crippen LogP contribution in [0.15, 0.2) is 174 Å². The first-order chi connectivity index (χ1) is 33.3. The zero-order valence-corrected chi connectivity index (χ0v) is 41.5. The molecule has 7 rings (SSSR count). The van der Waals surface area contributed by atoms with Gasteiger partial charge in [0.25, 0.3) is 10.1 Å². The van der Waals surface area contributed by atoms with E-state index in [9.17, 15) is 30.2 Å². The van der Waals surface area contributed by atoms with E-state index < -0.39 is 99.8 Å². The van der Waals surface area contributed by atoms with Crippen LogP contribution in [0.2, 0.25) is 0 Å². The maximum Gasteiger partial charge on any atom is 0.295 e. The van der Waals surface area contributed by atoms with E-state index in [4.69, 9.17) is 11.2 Å². The molecule has 21 heteroatoms. The summed E-state index contributed by atoms with van der Waals surface area (Å²) in [5.74, 6) is -16.9. The molecule has 0 aromatic heterocycles. The summed E-state index contributed by atoms with van der Waals surface area (Å²) in [6.07, 6.45) is 7.81. The first-order valence-corrected chi connectivity index (χ1v) is 27.5. The Kier molecular flexibility index (Phi) is 17.0. The molecule has 0 heterocycles. The van der Waals surface area contributed by atoms with Gasteiger partial charge in [0.2, 0.25) is 21.5 Å². The third kappa shape index (κ3) is 11.8. The minimum Gasteiger partial charge on any atom is -0.487 e. The molecule has 0 atom stereocenters. The molecule has 7 aromatic rings. The summed E-state index contributed by atoms with van der Waals surface area (Å²) in [6, 6.07) is 29.9. The van der Waals surface area contributed by atoms with Crippen molar-refractivity contribution >= 4 is 78.8 Å². The highest BCUT2D eigenvalue weighted by atomic mass is 32.2. The molecule has 0 spiro atoms. The molecule has 70 heavy (non-hydrogen) atoms. The Bertz CT molecular complexity index is 3300. The predicted octanol–water partition coefficient (Wildman–Crippen LogP) is 15.1. The van der Waals surface area contributed by atoms with Crippen molar-refractivity contribution in [3.05, 3.63) is 162 Å². The molecule has 0 aliphatic heterocycles. The molecule has 6 nitrogen and oxygen atoms in total. The molecule has 0 unspecified atom stereocenters. The summed E-state index contributed by atoms with van der Waals surface area (Å²) >= 11 is 5.46. The fourth-order valence-corrected chi connectivity index (χ4v) is 12.6. The van der Waals surface area contributed by atoms with E-state index in [2.05, 4.69) is 5.92 Å². The summed E-state index contributed by atoms with van der Waals surface area (Å²) in [7, 11) is -9.01. The van der Waals surface area contributed by atoms with Crippen molar-refractivity contribution < 1.29 is 61.2 Å². The van der Waals surface area contributed by atoms with Gasteiger partial charge in [0.15, 0.2) is 40.7 Å². The lowest BCUT2D eigenvalue weighted by Crippen LogP contribution is -2.10. The van der Waals surface area contributed by atoms with Crippen LogP contribution in [0.25, 0.3) is 11.1 Å². The first-order valence-electron chi connectivity index (χ1n) is 20.1. The Morgan fingerprint density at radius 3 is 1.36 bits per heavy atom. The van der Waals surface area contributed by atoms with Crippen LogP contribution in [0.4, 0.5) is 35.1 Å². The van der Waals surface area contributed by atoms with Gasteiger partial charge in [0.05, 0.1) is 32.4 Å². The molecule has 362 valence electrons. The molecule has 0 saturated heterocycles. The van der Waals surface area contributed by atoms with Crippen LogP contribution < -0.4 is 4.74 Å². The largest absolute Gasteiger partial charge is 0.487 e. The highest BCUT2D eigenvalue weighted by molar-refractivity contribution is 8.00. The minimum absolute atomic E-state index is 0.0981. The Morgan fingerprint density at radius 1 is 0.514 bits per heavy atom. The van der Waals surface area contributed by atoms with Gasteiger partial charge in [0.1, 0.15) is 4.90 Å². The summed E-state index contributed by atoms with van der Waals surface area (Å²) < 4.78 is 188. The Labute approximate surface area is 419 Å². The van der Waals surface area contributed by atoms with E-state index in [0.717, 1.165) is 32.5 Å². The zero-order chi connectivity index (χ0) is 50.5. The number of benzene rings is 7. The molecule has 0 aliphatic rings. The Balaban J connectivity index is 0.992. The molecule has 0 saturated carbocycles. The molecule has 1 N–H and O–H groups in total. The summed E-state index contributed by atoms with van der Waals surface area (Å²) in [6.45, 7) is -0.417. The van der Waals surface area contributed by atoms with Gasteiger partial charge in [-0.2, -0.15) is 17.2 Å². The van der Waals surface area contributed by atoms with Gasteiger partial charge >= 0.3 is 0 Å². The average molecular weight is 1090 g/mol. The second-order valence-electron chi connectivity index (χ2n) is 14.5. The van der Waals surface area contributed by atoms with E-state index in [1.165, 1.54) is 71.7 Å². The summed E-state index contributed by atoms with van der Waals surface area (Å²) in [5.41, 5.74) is -3.99. The van der Waals surface area contributed by atoms with Crippen LogP contribution in [-0.2, 0) is 20.0 Å². The van der Waals surface area contributed by atoms with Crippen LogP contribution in [0.1, 0.15) is 19.3 Å². The standard InChI is InChI=1S/C49H32F8O6S7/c1-3-4-5-6-25-63-48-44(54)40(50)38(41(51)45(48)55)39-42(52)46(56)49(47(57)43(39)53)68-33-17-15-30(16-18-33)65-28-11-13-29(14-12-28)66-31-19-21-34(22-20-31)69(58,59)35-23-24-36(37(26-35)70(60,61)62)67-32-9-7-27(64-2)8-10-32/h1,7-24,26H,4-6,25H2,2H3,(H,60,61,62). The number of thioether (sulfide) groups is 1. The second-order valence-corrected chi connectivity index (χ2v) is 23.2. The quantitative estimate of drug-likeness (QED) is 0.0222. The summed E-state index contributed by atoms with van der Waals surface area (Å²) in [4.78, 5) is 2.59. The number of terminal acetylenes is 1. The van der Waals surface area contributed by atoms with Crippen molar-refractivity contribution in [2.24, 2.45) is 0 Å². The predicted molar refractivity (Wildman–Crippen MR) is 255 cm³/mol. The van der Waals surface area contributed by atoms with Crippen molar-refractivity contribution in [1.82, 2.24) is 0 Å². The summed E-state index contributed by atoms with van der Waals surface area (Å²) in [5, 5.41) is 0. The van der Waals surface area contributed by atoms with Gasteiger partial charge in [-0.25, -0.2) is 34.8 Å². The van der Waals surface area contributed by atoms with Crippen molar-refractivity contribution in [2.45, 2.75) is 78.0 Å². The van der Waals surface area contributed by atoms with Crippen molar-refractivity contribution in [3.63, 3.8) is 0 Å². The van der Waals surface area contributed by atoms with Gasteiger partial charge in [-0.1, -0.05) is 47.0 Å². The van der Waals surface area contributed by atoms with Gasteiger partial charge in [-0.3, -0.25) is 4.55 Å². The van der Waals surface area contributed by atoms with Gasteiger partial charge in [0, 0.05) is 45.6 Å². The van der Waals surface area contributed by atoms with E-state index in [0.29, 0.717) is 21.1 Å². The third-order valence-electron chi connectivity index (χ3n) is 9.92. The maximum atomic E-state index is 15.4. The van der Waals surface area contributed by atoms with E-state index in [-0.39, 0.29) is 44.2 Å². The number of unbranched alkanes of at least 4 members (excludes halogenated alkanes) is 2. The van der Waals surface area contributed by atoms with Crippen LogP contribution in [0.5, 0.6) is 5.75 Å². The second kappa shape index (κ2) is 22.6. The van der Waals surface area contributed by atoms with Crippen LogP contribution in [0, 0.1) is 58.9 Å². The Hall–Kier alpha value is -5.05. The van der Waals surface area contributed by atoms with E-state index in [1.54, 1.807) is 60.7 Å². The third-order valence-corrected chi connectivity index (χ3v) is 17.6. The number of hydrogen-bond acceptors (Lipinski definition) is 10. The SMILES string of the molecule is C#CCCCCOc1c(F)c(F)c(-c2c(F)c(F)c(Sc3ccc(Sc4ccc(Sc5ccc(S(=O)(=O)c6ccc(Sc7ccc(SC)cc7)c(S(=O)(=O)O)c6)cc5)cc4)cc3)c(F)c2F)c(F)c1F. The van der Waals surface area contributed by atoms with E-state index in [1.807, 2.05) is 18.4 Å². The maximum absolute atomic E-state index is 15.4. The number of ether oxygens (including phenoxy) is 1. The molecule has 0 amide bonds. The lowest BCUT2D eigenvalue weighted by Gasteiger charge is -2.16. The molecule has 7 aromatic carbocycles. The molecule has 0 bridgehead atoms. The van der Waals surface area contributed by atoms with E-state index >= 15 is 26.3 Å². The van der Waals surface area contributed by atoms with Gasteiger partial charge in [-0.05, 0) is 134 Å². The molecule has 0 radical (unpaired) electrons. The van der Waals surface area contributed by atoms with Gasteiger partial charge in [-0.15, -0.1) is 24.1 Å². The number of sulfone groups is 1. The van der Waals surface area contributed by atoms with Crippen molar-refractivity contribution in [1.29, 1.82) is 0 Å². The van der Waals surface area contributed by atoms with Crippen LogP contribution in [0.3, 0.4) is 0 Å². The van der Waals surface area contributed by atoms with Crippen molar-refractivity contribution in [2.75, 3.05) is 12.9 Å².